The minimum absolute atomic E-state index is 0.0130. The van der Waals surface area contributed by atoms with Crippen molar-refractivity contribution < 1.29 is 30.7 Å². The molecule has 7 heteroatoms. The summed E-state index contributed by atoms with van der Waals surface area (Å²) in [5.74, 6) is 3.68. The molecule has 4 aromatic rings. The van der Waals surface area contributed by atoms with Crippen LogP contribution in [0.4, 0.5) is 30.7 Å². The van der Waals surface area contributed by atoms with Crippen molar-refractivity contribution in [1.29, 1.82) is 0 Å². The highest BCUT2D eigenvalue weighted by Crippen LogP contribution is 2.35. The molecule has 5 rings (SSSR count). The SMILES string of the molecule is Fc1cc2cc(C#Cc3c(F)cc4cc(C5CCCCC5)ccc4c3F)ccc2c(F)c1C#CC(F)(F)F. The van der Waals surface area contributed by atoms with Gasteiger partial charge in [0.1, 0.15) is 23.3 Å². The molecule has 1 aliphatic rings. The van der Waals surface area contributed by atoms with Crippen molar-refractivity contribution in [3.8, 4) is 23.7 Å². The molecule has 0 unspecified atom stereocenters. The minimum atomic E-state index is -4.90. The van der Waals surface area contributed by atoms with Gasteiger partial charge in [-0.05, 0) is 59.4 Å². The van der Waals surface area contributed by atoms with Crippen LogP contribution in [0.15, 0.2) is 48.5 Å². The maximum atomic E-state index is 15.2. The second-order valence-electron chi connectivity index (χ2n) is 9.34. The first kappa shape index (κ1) is 25.7. The zero-order valence-corrected chi connectivity index (χ0v) is 19.9. The summed E-state index contributed by atoms with van der Waals surface area (Å²) in [6.07, 6.45) is 0.693. The van der Waals surface area contributed by atoms with Crippen LogP contribution in [0.25, 0.3) is 21.5 Å². The Balaban J connectivity index is 1.49. The Hall–Kier alpha value is -3.97. The molecule has 0 atom stereocenters. The maximum absolute atomic E-state index is 15.2. The van der Waals surface area contributed by atoms with Crippen LogP contribution in [0.5, 0.6) is 0 Å². The molecule has 38 heavy (non-hydrogen) atoms. The largest absolute Gasteiger partial charge is 0.458 e. The zero-order chi connectivity index (χ0) is 27.0. The lowest BCUT2D eigenvalue weighted by atomic mass is 9.83. The molecule has 0 heterocycles. The lowest BCUT2D eigenvalue weighted by Crippen LogP contribution is -2.04. The fourth-order valence-corrected chi connectivity index (χ4v) is 4.94. The van der Waals surface area contributed by atoms with Crippen molar-refractivity contribution >= 4 is 21.5 Å². The molecule has 0 spiro atoms. The van der Waals surface area contributed by atoms with Gasteiger partial charge in [-0.1, -0.05) is 61.3 Å². The molecule has 0 bridgehead atoms. The van der Waals surface area contributed by atoms with Crippen molar-refractivity contribution in [3.05, 3.63) is 94.1 Å². The first-order valence-electron chi connectivity index (χ1n) is 12.1. The van der Waals surface area contributed by atoms with Gasteiger partial charge in [-0.3, -0.25) is 0 Å². The Morgan fingerprint density at radius 2 is 1.21 bits per heavy atom. The Morgan fingerprint density at radius 1 is 0.632 bits per heavy atom. The molecule has 1 saturated carbocycles. The third kappa shape index (κ3) is 5.20. The molecule has 0 saturated heterocycles. The first-order chi connectivity index (χ1) is 18.1. The van der Waals surface area contributed by atoms with Gasteiger partial charge in [-0.25, -0.2) is 17.6 Å². The summed E-state index contributed by atoms with van der Waals surface area (Å²) in [4.78, 5) is 0. The smallest absolute Gasteiger partial charge is 0.205 e. The Bertz CT molecular complexity index is 1690. The van der Waals surface area contributed by atoms with E-state index in [4.69, 9.17) is 0 Å². The third-order valence-corrected chi connectivity index (χ3v) is 6.82. The van der Waals surface area contributed by atoms with Crippen LogP contribution in [-0.2, 0) is 0 Å². The highest BCUT2D eigenvalue weighted by atomic mass is 19.4. The molecule has 192 valence electrons. The number of halogens is 7. The Labute approximate surface area is 214 Å². The number of hydrogen-bond donors (Lipinski definition) is 0. The second kappa shape index (κ2) is 10.1. The van der Waals surface area contributed by atoms with E-state index < -0.39 is 40.6 Å². The lowest BCUT2D eigenvalue weighted by molar-refractivity contribution is -0.0696. The van der Waals surface area contributed by atoms with Crippen LogP contribution in [0.3, 0.4) is 0 Å². The quantitative estimate of drug-likeness (QED) is 0.172. The summed E-state index contributed by atoms with van der Waals surface area (Å²) in [5.41, 5.74) is -0.159. The average Bonchev–Trinajstić information content (AvgIpc) is 2.88. The van der Waals surface area contributed by atoms with Crippen LogP contribution in [-0.4, -0.2) is 6.18 Å². The molecule has 0 radical (unpaired) electrons. The predicted octanol–water partition coefficient (Wildman–Crippen LogP) is 8.91. The molecular formula is C31H19F7. The van der Waals surface area contributed by atoms with E-state index in [0.29, 0.717) is 11.3 Å². The van der Waals surface area contributed by atoms with Crippen LogP contribution in [0.2, 0.25) is 0 Å². The topological polar surface area (TPSA) is 0 Å². The van der Waals surface area contributed by atoms with Crippen molar-refractivity contribution in [2.75, 3.05) is 0 Å². The van der Waals surface area contributed by atoms with Gasteiger partial charge in [-0.2, -0.15) is 13.2 Å². The summed E-state index contributed by atoms with van der Waals surface area (Å²) in [5, 5.41) is 0.541. The summed E-state index contributed by atoms with van der Waals surface area (Å²) in [7, 11) is 0. The summed E-state index contributed by atoms with van der Waals surface area (Å²) >= 11 is 0. The number of alkyl halides is 3. The van der Waals surface area contributed by atoms with E-state index in [1.807, 2.05) is 12.1 Å². The highest BCUT2D eigenvalue weighted by Gasteiger charge is 2.24. The first-order valence-corrected chi connectivity index (χ1v) is 12.1. The molecule has 1 aliphatic carbocycles. The van der Waals surface area contributed by atoms with Crippen molar-refractivity contribution in [3.63, 3.8) is 0 Å². The van der Waals surface area contributed by atoms with E-state index in [1.54, 1.807) is 6.07 Å². The fraction of sp³-hybridized carbons (Fsp3) is 0.226. The summed E-state index contributed by atoms with van der Waals surface area (Å²) in [6.45, 7) is 0. The van der Waals surface area contributed by atoms with E-state index in [0.717, 1.165) is 43.2 Å². The third-order valence-electron chi connectivity index (χ3n) is 6.82. The molecule has 1 fully saturated rings. The van der Waals surface area contributed by atoms with Crippen LogP contribution in [0.1, 0.15) is 60.3 Å². The highest BCUT2D eigenvalue weighted by molar-refractivity contribution is 5.87. The summed E-state index contributed by atoms with van der Waals surface area (Å²) in [6, 6.07) is 11.2. The fourth-order valence-electron chi connectivity index (χ4n) is 4.94. The van der Waals surface area contributed by atoms with Gasteiger partial charge < -0.3 is 0 Å². The van der Waals surface area contributed by atoms with Crippen LogP contribution < -0.4 is 0 Å². The van der Waals surface area contributed by atoms with E-state index >= 15 is 4.39 Å². The van der Waals surface area contributed by atoms with Crippen molar-refractivity contribution in [1.82, 2.24) is 0 Å². The van der Waals surface area contributed by atoms with Gasteiger partial charge in [0.15, 0.2) is 0 Å². The van der Waals surface area contributed by atoms with Gasteiger partial charge in [0.25, 0.3) is 0 Å². The van der Waals surface area contributed by atoms with Crippen LogP contribution in [0, 0.1) is 47.0 Å². The normalized spacial score (nSPS) is 14.2. The molecule has 4 aromatic carbocycles. The molecule has 0 aromatic heterocycles. The Kier molecular flexibility index (Phi) is 6.80. The van der Waals surface area contributed by atoms with E-state index in [9.17, 15) is 26.3 Å². The van der Waals surface area contributed by atoms with Crippen molar-refractivity contribution in [2.45, 2.75) is 44.2 Å². The van der Waals surface area contributed by atoms with E-state index in [1.165, 1.54) is 36.6 Å². The van der Waals surface area contributed by atoms with Gasteiger partial charge in [-0.15, -0.1) is 0 Å². The van der Waals surface area contributed by atoms with Gasteiger partial charge in [0, 0.05) is 22.3 Å². The lowest BCUT2D eigenvalue weighted by Gasteiger charge is -2.22. The van der Waals surface area contributed by atoms with Crippen molar-refractivity contribution in [2.24, 2.45) is 0 Å². The minimum Gasteiger partial charge on any atom is -0.205 e. The number of hydrogen-bond acceptors (Lipinski definition) is 0. The van der Waals surface area contributed by atoms with E-state index in [-0.39, 0.29) is 21.7 Å². The predicted molar refractivity (Wildman–Crippen MR) is 132 cm³/mol. The molecule has 0 N–H and O–H groups in total. The van der Waals surface area contributed by atoms with Crippen LogP contribution >= 0.6 is 0 Å². The Morgan fingerprint density at radius 3 is 1.84 bits per heavy atom. The van der Waals surface area contributed by atoms with E-state index in [2.05, 4.69) is 11.8 Å². The standard InChI is InChI=1S/C31H19F7/c32-27-17-22-15-20(19-4-2-1-3-5-19)8-11-24(22)29(34)25(27)10-7-18-6-9-23-21(14-18)16-28(33)26(30(23)35)12-13-31(36,37)38/h6,8-9,11,14-17,19H,1-5H2. The summed E-state index contributed by atoms with van der Waals surface area (Å²) < 4.78 is 96.1. The molecule has 0 aliphatic heterocycles. The molecule has 0 nitrogen and oxygen atoms in total. The number of fused-ring (bicyclic) bond motifs is 2. The zero-order valence-electron chi connectivity index (χ0n) is 19.9. The molecular weight excluding hydrogens is 505 g/mol. The number of rotatable bonds is 1. The maximum Gasteiger partial charge on any atom is 0.458 e. The average molecular weight is 524 g/mol. The monoisotopic (exact) mass is 524 g/mol. The molecule has 0 amide bonds. The van der Waals surface area contributed by atoms with Gasteiger partial charge in [0.2, 0.25) is 0 Å². The second-order valence-corrected chi connectivity index (χ2v) is 9.34. The van der Waals surface area contributed by atoms with Gasteiger partial charge >= 0.3 is 6.18 Å². The number of benzene rings is 4. The van der Waals surface area contributed by atoms with Gasteiger partial charge in [0.05, 0.1) is 11.1 Å².